The number of ketones is 4. The quantitative estimate of drug-likeness (QED) is 0.148. The fraction of sp³-hybridized carbons (Fsp3) is 0.639. The zero-order valence-electron chi connectivity index (χ0n) is 28.7. The molecule has 46 heavy (non-hydrogen) atoms. The number of amides is 3. The van der Waals surface area contributed by atoms with Crippen molar-refractivity contribution in [2.24, 2.45) is 34.5 Å². The lowest BCUT2D eigenvalue weighted by Crippen LogP contribution is -2.61. The molecule has 0 radical (unpaired) electrons. The summed E-state index contributed by atoms with van der Waals surface area (Å²) < 4.78 is 0. The number of likely N-dealkylation sites (tertiary alicyclic amines) is 1. The number of hydrogen-bond acceptors (Lipinski definition) is 7. The number of nitrogens with one attached hydrogen (secondary N) is 2. The van der Waals surface area contributed by atoms with Crippen LogP contribution in [0.5, 0.6) is 0 Å². The number of allylic oxidation sites excluding steroid dienone is 1. The van der Waals surface area contributed by atoms with Gasteiger partial charge < -0.3 is 15.5 Å². The molecule has 10 heteroatoms. The summed E-state index contributed by atoms with van der Waals surface area (Å²) >= 11 is 0. The van der Waals surface area contributed by atoms with Gasteiger partial charge in [0.25, 0.3) is 0 Å². The van der Waals surface area contributed by atoms with Gasteiger partial charge in [0.1, 0.15) is 11.7 Å². The van der Waals surface area contributed by atoms with Gasteiger partial charge in [-0.05, 0) is 53.6 Å². The average Bonchev–Trinajstić information content (AvgIpc) is 3.30. The van der Waals surface area contributed by atoms with Crippen LogP contribution in [0.1, 0.15) is 98.0 Å². The Morgan fingerprint density at radius 1 is 1.11 bits per heavy atom. The van der Waals surface area contributed by atoms with Gasteiger partial charge in [-0.1, -0.05) is 74.0 Å². The maximum Gasteiger partial charge on any atom is 0.316 e. The van der Waals surface area contributed by atoms with Gasteiger partial charge in [0.15, 0.2) is 11.6 Å². The summed E-state index contributed by atoms with van der Waals surface area (Å²) in [6.45, 7) is 19.2. The van der Waals surface area contributed by atoms with Crippen molar-refractivity contribution in [2.75, 3.05) is 6.54 Å². The molecule has 1 aliphatic carbocycles. The highest BCUT2D eigenvalue weighted by Gasteiger charge is 2.69. The van der Waals surface area contributed by atoms with Gasteiger partial charge in [0.05, 0.1) is 12.1 Å². The molecule has 10 nitrogen and oxygen atoms in total. The zero-order valence-corrected chi connectivity index (χ0v) is 28.7. The van der Waals surface area contributed by atoms with Crippen LogP contribution >= 0.6 is 0 Å². The van der Waals surface area contributed by atoms with Crippen molar-refractivity contribution in [1.82, 2.24) is 20.5 Å². The second-order valence-electron chi connectivity index (χ2n) is 14.9. The van der Waals surface area contributed by atoms with Crippen molar-refractivity contribution in [3.63, 3.8) is 0 Å². The Kier molecular flexibility index (Phi) is 11.8. The summed E-state index contributed by atoms with van der Waals surface area (Å²) in [7, 11) is 0. The van der Waals surface area contributed by atoms with E-state index in [4.69, 9.17) is 0 Å². The second-order valence-corrected chi connectivity index (χ2v) is 14.9. The Bertz CT molecular complexity index is 1330. The van der Waals surface area contributed by atoms with E-state index < -0.39 is 47.1 Å². The minimum Gasteiger partial charge on any atom is -0.330 e. The third-order valence-electron chi connectivity index (χ3n) is 9.67. The minimum atomic E-state index is -1.00. The Hall–Kier alpha value is -3.69. The Labute approximate surface area is 273 Å². The van der Waals surface area contributed by atoms with Crippen LogP contribution in [0.2, 0.25) is 0 Å². The molecule has 1 saturated heterocycles. The monoisotopic (exact) mass is 636 g/mol. The predicted octanol–water partition coefficient (Wildman–Crippen LogP) is 4.97. The number of carbonyl (C=O) groups excluding carboxylic acids is 6. The number of carbonyl (C=O) groups is 6. The molecule has 2 aliphatic rings. The number of piperidine rings is 1. The predicted molar refractivity (Wildman–Crippen MR) is 176 cm³/mol. The first-order valence-electron chi connectivity index (χ1n) is 16.5. The third-order valence-corrected chi connectivity index (χ3v) is 9.67. The van der Waals surface area contributed by atoms with E-state index in [2.05, 4.69) is 36.0 Å². The smallest absolute Gasteiger partial charge is 0.316 e. The van der Waals surface area contributed by atoms with Crippen LogP contribution in [0.3, 0.4) is 0 Å². The highest BCUT2D eigenvalue weighted by Crippen LogP contribution is 2.65. The highest BCUT2D eigenvalue weighted by molar-refractivity contribution is 6.38. The second kappa shape index (κ2) is 14.8. The van der Waals surface area contributed by atoms with Crippen LogP contribution in [0.25, 0.3) is 0 Å². The van der Waals surface area contributed by atoms with Crippen molar-refractivity contribution >= 4 is 35.1 Å². The Morgan fingerprint density at radius 2 is 1.78 bits per heavy atom. The van der Waals surface area contributed by atoms with E-state index in [9.17, 15) is 28.8 Å². The fourth-order valence-electron chi connectivity index (χ4n) is 6.84. The first-order chi connectivity index (χ1) is 21.5. The van der Waals surface area contributed by atoms with E-state index in [0.29, 0.717) is 25.8 Å². The molecule has 3 amide bonds. The SMILES string of the molecule is C=CCCC(=O)C(=O)C(CCC)CC(=O)[C@@H]1[C@@H]2[C@H](CN1C(=O)[C@@H](NC(=O)N[C@H](C(=O)c1ccccn1)C(C)C)C(C)(C)C)C2(C)C. The van der Waals surface area contributed by atoms with E-state index in [1.165, 1.54) is 6.20 Å². The number of urea groups is 1. The lowest BCUT2D eigenvalue weighted by atomic mass is 9.83. The molecule has 1 aromatic heterocycles. The molecule has 2 fully saturated rings. The molecule has 6 atom stereocenters. The largest absolute Gasteiger partial charge is 0.330 e. The Morgan fingerprint density at radius 3 is 2.33 bits per heavy atom. The minimum absolute atomic E-state index is 0.0641. The van der Waals surface area contributed by atoms with Crippen LogP contribution in [0, 0.1) is 34.5 Å². The molecule has 3 rings (SSSR count). The molecular formula is C36H52N4O6. The van der Waals surface area contributed by atoms with Crippen molar-refractivity contribution < 1.29 is 28.8 Å². The topological polar surface area (TPSA) is 143 Å². The summed E-state index contributed by atoms with van der Waals surface area (Å²) in [5, 5.41) is 5.57. The number of hydrogen-bond donors (Lipinski definition) is 2. The van der Waals surface area contributed by atoms with Crippen LogP contribution in [0.15, 0.2) is 37.1 Å². The molecule has 1 aromatic rings. The van der Waals surface area contributed by atoms with Crippen LogP contribution in [-0.4, -0.2) is 69.6 Å². The van der Waals surface area contributed by atoms with Crippen molar-refractivity contribution in [3.8, 4) is 0 Å². The van der Waals surface area contributed by atoms with Gasteiger partial charge in [0, 0.05) is 31.5 Å². The summed E-state index contributed by atoms with van der Waals surface area (Å²) in [4.78, 5) is 86.2. The van der Waals surface area contributed by atoms with Gasteiger partial charge in [-0.25, -0.2) is 4.79 Å². The van der Waals surface area contributed by atoms with Gasteiger partial charge in [-0.15, -0.1) is 6.58 Å². The molecule has 0 spiro atoms. The first-order valence-corrected chi connectivity index (χ1v) is 16.5. The number of aromatic nitrogens is 1. The number of rotatable bonds is 16. The normalized spacial score (nSPS) is 21.8. The molecule has 0 aromatic carbocycles. The molecule has 252 valence electrons. The molecule has 1 unspecified atom stereocenters. The van der Waals surface area contributed by atoms with E-state index in [1.54, 1.807) is 29.2 Å². The van der Waals surface area contributed by atoms with Crippen LogP contribution in [-0.2, 0) is 19.2 Å². The van der Waals surface area contributed by atoms with E-state index in [1.807, 2.05) is 41.5 Å². The van der Waals surface area contributed by atoms with Crippen molar-refractivity contribution in [2.45, 2.75) is 106 Å². The molecule has 1 saturated carbocycles. The van der Waals surface area contributed by atoms with Gasteiger partial charge in [0.2, 0.25) is 17.5 Å². The fourth-order valence-corrected chi connectivity index (χ4v) is 6.84. The van der Waals surface area contributed by atoms with Crippen LogP contribution in [0.4, 0.5) is 4.79 Å². The zero-order chi connectivity index (χ0) is 34.6. The maximum atomic E-state index is 14.3. The van der Waals surface area contributed by atoms with Gasteiger partial charge in [-0.2, -0.15) is 0 Å². The van der Waals surface area contributed by atoms with Gasteiger partial charge >= 0.3 is 6.03 Å². The summed E-state index contributed by atoms with van der Waals surface area (Å²) in [6, 6.07) is 1.69. The standard InChI is InChI=1S/C36H52N4O6/c1-10-12-17-25(41)30(43)22(15-11-2)19-26(42)29-27-23(36(27,8)9)20-40(29)33(45)32(35(5,6)7)39-34(46)38-28(21(3)4)31(44)24-16-13-14-18-37-24/h10,13-14,16,18,21-23,27-29,32H,1,11-12,15,17,19-20H2,2-9H3,(H2,38,39,46)/t22?,23-,27-,28-,29+,32+/m0/s1. The van der Waals surface area contributed by atoms with Crippen molar-refractivity contribution in [1.29, 1.82) is 0 Å². The average molecular weight is 637 g/mol. The Balaban J connectivity index is 1.82. The number of Topliss-reactive ketones (excluding diaryl/α,β-unsaturated/α-hetero) is 4. The number of fused-ring (bicyclic) bond motifs is 1. The molecule has 2 heterocycles. The first kappa shape index (κ1) is 36.8. The molecule has 0 bridgehead atoms. The summed E-state index contributed by atoms with van der Waals surface area (Å²) in [5.74, 6) is -2.94. The van der Waals surface area contributed by atoms with E-state index >= 15 is 0 Å². The van der Waals surface area contributed by atoms with E-state index in [-0.39, 0.29) is 59.2 Å². The lowest BCUT2D eigenvalue weighted by molar-refractivity contribution is -0.144. The third kappa shape index (κ3) is 8.17. The summed E-state index contributed by atoms with van der Waals surface area (Å²) in [5.41, 5.74) is -0.659. The number of pyridine rings is 1. The van der Waals surface area contributed by atoms with Gasteiger partial charge in [-0.3, -0.25) is 29.0 Å². The summed E-state index contributed by atoms with van der Waals surface area (Å²) in [6.07, 6.45) is 4.49. The molecule has 2 N–H and O–H groups in total. The van der Waals surface area contributed by atoms with Crippen LogP contribution < -0.4 is 10.6 Å². The lowest BCUT2D eigenvalue weighted by Gasteiger charge is -2.38. The maximum absolute atomic E-state index is 14.3. The molecular weight excluding hydrogens is 584 g/mol. The number of nitrogens with zero attached hydrogens (tertiary/aromatic N) is 2. The molecule has 1 aliphatic heterocycles. The van der Waals surface area contributed by atoms with Crippen molar-refractivity contribution in [3.05, 3.63) is 42.7 Å². The highest BCUT2D eigenvalue weighted by atomic mass is 16.2. The van der Waals surface area contributed by atoms with E-state index in [0.717, 1.165) is 0 Å².